The van der Waals surface area contributed by atoms with Crippen LogP contribution in [0.3, 0.4) is 0 Å². The molecular formula is C36H43BO2. The molecule has 0 bridgehead atoms. The molecule has 5 aliphatic carbocycles. The van der Waals surface area contributed by atoms with Crippen molar-refractivity contribution in [3.8, 4) is 0 Å². The van der Waals surface area contributed by atoms with Crippen LogP contribution in [-0.4, -0.2) is 18.3 Å². The first-order valence-corrected chi connectivity index (χ1v) is 15.0. The third-order valence-electron chi connectivity index (χ3n) is 11.7. The molecule has 1 saturated carbocycles. The highest BCUT2D eigenvalue weighted by Crippen LogP contribution is 2.61. The lowest BCUT2D eigenvalue weighted by Crippen LogP contribution is -2.41. The number of fused-ring (bicyclic) bond motifs is 6. The van der Waals surface area contributed by atoms with Gasteiger partial charge in [-0.05, 0) is 120 Å². The van der Waals surface area contributed by atoms with Gasteiger partial charge in [-0.1, -0.05) is 88.4 Å². The summed E-state index contributed by atoms with van der Waals surface area (Å²) in [4.78, 5) is 0. The third kappa shape index (κ3) is 3.55. The van der Waals surface area contributed by atoms with Gasteiger partial charge in [0, 0.05) is 0 Å². The standard InChI is InChI=1S/C36H43BO2/c1-33(2)29-12-10-9-11-25(29)26-16-13-22(19-30(26)33)23-14-17-27-28-18-15-24(21-32(28)34(3,4)31(27)20-23)37-38-35(5,6)36(7,8)39-37/h9-18,30-32H,19-21H2,1-8H3. The summed E-state index contributed by atoms with van der Waals surface area (Å²) < 4.78 is 12.9. The van der Waals surface area contributed by atoms with Crippen molar-refractivity contribution in [2.45, 2.75) is 91.3 Å². The molecule has 2 nitrogen and oxygen atoms in total. The Hall–Kier alpha value is -2.36. The van der Waals surface area contributed by atoms with Crippen LogP contribution in [0.25, 0.3) is 5.57 Å². The van der Waals surface area contributed by atoms with Crippen molar-refractivity contribution >= 4 is 12.7 Å². The summed E-state index contributed by atoms with van der Waals surface area (Å²) in [5.41, 5.74) is 11.7. The van der Waals surface area contributed by atoms with Crippen LogP contribution in [-0.2, 0) is 14.7 Å². The number of hydrogen-bond acceptors (Lipinski definition) is 2. The summed E-state index contributed by atoms with van der Waals surface area (Å²) in [5.74, 6) is 1.59. The summed E-state index contributed by atoms with van der Waals surface area (Å²) in [6, 6.07) is 9.05. The van der Waals surface area contributed by atoms with Gasteiger partial charge in [-0.2, -0.15) is 0 Å². The first-order valence-electron chi connectivity index (χ1n) is 15.0. The Morgan fingerprint density at radius 1 is 0.615 bits per heavy atom. The molecule has 1 aliphatic heterocycles. The van der Waals surface area contributed by atoms with Crippen molar-refractivity contribution in [3.63, 3.8) is 0 Å². The second-order valence-electron chi connectivity index (χ2n) is 14.9. The minimum atomic E-state index is -0.305. The molecule has 7 rings (SSSR count). The third-order valence-corrected chi connectivity index (χ3v) is 11.7. The minimum absolute atomic E-state index is 0.167. The maximum atomic E-state index is 6.45. The molecule has 1 aromatic rings. The zero-order chi connectivity index (χ0) is 27.5. The van der Waals surface area contributed by atoms with Crippen LogP contribution in [0.2, 0.25) is 0 Å². The van der Waals surface area contributed by atoms with Gasteiger partial charge in [-0.3, -0.25) is 0 Å². The molecule has 0 radical (unpaired) electrons. The zero-order valence-electron chi connectivity index (χ0n) is 25.0. The number of hydrogen-bond donors (Lipinski definition) is 0. The Kier molecular flexibility index (Phi) is 5.32. The van der Waals surface area contributed by atoms with Gasteiger partial charge < -0.3 is 9.31 Å². The SMILES string of the molecule is CC1(C)c2ccccc2C2=CC=C(C3=CC=C4C5=CC=C(B6OC(C)(C)C(C)(C)O6)CC5C(C)(C)C4C3)CC21. The fourth-order valence-electron chi connectivity index (χ4n) is 8.35. The minimum Gasteiger partial charge on any atom is -0.400 e. The summed E-state index contributed by atoms with van der Waals surface area (Å²) in [6.45, 7) is 18.5. The van der Waals surface area contributed by atoms with E-state index in [-0.39, 0.29) is 29.2 Å². The van der Waals surface area contributed by atoms with Crippen molar-refractivity contribution in [3.05, 3.63) is 99.6 Å². The normalized spacial score (nSPS) is 32.5. The lowest BCUT2D eigenvalue weighted by Gasteiger charge is -2.37. The number of rotatable bonds is 2. The molecule has 202 valence electrons. The highest BCUT2D eigenvalue weighted by atomic mass is 16.7. The second kappa shape index (κ2) is 8.11. The van der Waals surface area contributed by atoms with Gasteiger partial charge in [0.25, 0.3) is 0 Å². The molecule has 1 heterocycles. The van der Waals surface area contributed by atoms with Crippen LogP contribution in [0.1, 0.15) is 85.8 Å². The molecule has 3 unspecified atom stereocenters. The molecule has 0 amide bonds. The van der Waals surface area contributed by atoms with E-state index in [0.29, 0.717) is 17.8 Å². The van der Waals surface area contributed by atoms with Gasteiger partial charge in [0.05, 0.1) is 11.2 Å². The van der Waals surface area contributed by atoms with E-state index in [1.54, 1.807) is 5.57 Å². The van der Waals surface area contributed by atoms with Crippen LogP contribution in [0.4, 0.5) is 0 Å². The number of allylic oxidation sites excluding steroid dienone is 12. The quantitative estimate of drug-likeness (QED) is 0.365. The Bertz CT molecular complexity index is 1440. The summed E-state index contributed by atoms with van der Waals surface area (Å²) in [6.07, 6.45) is 17.7. The highest BCUT2D eigenvalue weighted by molar-refractivity contribution is 6.54. The van der Waals surface area contributed by atoms with Crippen LogP contribution >= 0.6 is 0 Å². The smallest absolute Gasteiger partial charge is 0.400 e. The van der Waals surface area contributed by atoms with Crippen molar-refractivity contribution in [2.75, 3.05) is 0 Å². The lowest BCUT2D eigenvalue weighted by atomic mass is 9.64. The molecule has 6 aliphatic rings. The van der Waals surface area contributed by atoms with Crippen molar-refractivity contribution < 1.29 is 9.31 Å². The van der Waals surface area contributed by atoms with Gasteiger partial charge in [0.1, 0.15) is 0 Å². The van der Waals surface area contributed by atoms with Gasteiger partial charge in [0.15, 0.2) is 0 Å². The highest BCUT2D eigenvalue weighted by Gasteiger charge is 2.56. The fourth-order valence-corrected chi connectivity index (χ4v) is 8.35. The maximum absolute atomic E-state index is 6.45. The maximum Gasteiger partial charge on any atom is 0.490 e. The Morgan fingerprint density at radius 3 is 1.82 bits per heavy atom. The largest absolute Gasteiger partial charge is 0.490 e. The first kappa shape index (κ1) is 25.6. The van der Waals surface area contributed by atoms with Crippen LogP contribution in [0, 0.1) is 23.2 Å². The van der Waals surface area contributed by atoms with Crippen LogP contribution < -0.4 is 0 Å². The molecule has 3 atom stereocenters. The van der Waals surface area contributed by atoms with Crippen molar-refractivity contribution in [1.82, 2.24) is 0 Å². The molecule has 3 heteroatoms. The molecular weight excluding hydrogens is 475 g/mol. The first-order chi connectivity index (χ1) is 18.3. The van der Waals surface area contributed by atoms with Crippen LogP contribution in [0.5, 0.6) is 0 Å². The number of benzene rings is 1. The molecule has 2 fully saturated rings. The van der Waals surface area contributed by atoms with E-state index in [4.69, 9.17) is 9.31 Å². The predicted octanol–water partition coefficient (Wildman–Crippen LogP) is 8.72. The van der Waals surface area contributed by atoms with E-state index in [0.717, 1.165) is 19.3 Å². The van der Waals surface area contributed by atoms with Crippen molar-refractivity contribution in [1.29, 1.82) is 0 Å². The Balaban J connectivity index is 1.17. The molecule has 39 heavy (non-hydrogen) atoms. The Morgan fingerprint density at radius 2 is 1.15 bits per heavy atom. The van der Waals surface area contributed by atoms with E-state index >= 15 is 0 Å². The van der Waals surface area contributed by atoms with Gasteiger partial charge in [-0.15, -0.1) is 0 Å². The molecule has 1 saturated heterocycles. The van der Waals surface area contributed by atoms with Gasteiger partial charge in [-0.25, -0.2) is 0 Å². The average Bonchev–Trinajstić information content (AvgIpc) is 3.37. The lowest BCUT2D eigenvalue weighted by molar-refractivity contribution is 0.00578. The summed E-state index contributed by atoms with van der Waals surface area (Å²) in [7, 11) is -0.249. The van der Waals surface area contributed by atoms with E-state index in [1.807, 2.05) is 0 Å². The summed E-state index contributed by atoms with van der Waals surface area (Å²) in [5, 5.41) is 0. The Labute approximate surface area is 235 Å². The second-order valence-corrected chi connectivity index (χ2v) is 14.9. The molecule has 0 N–H and O–H groups in total. The fraction of sp³-hybridized carbons (Fsp3) is 0.500. The summed E-state index contributed by atoms with van der Waals surface area (Å²) >= 11 is 0. The predicted molar refractivity (Wildman–Crippen MR) is 162 cm³/mol. The van der Waals surface area contributed by atoms with Crippen molar-refractivity contribution in [2.24, 2.45) is 23.2 Å². The molecule has 0 aromatic heterocycles. The zero-order valence-corrected chi connectivity index (χ0v) is 25.0. The van der Waals surface area contributed by atoms with Gasteiger partial charge in [0.2, 0.25) is 0 Å². The van der Waals surface area contributed by atoms with E-state index in [2.05, 4.69) is 116 Å². The molecule has 1 aromatic carbocycles. The van der Waals surface area contributed by atoms with Gasteiger partial charge >= 0.3 is 7.12 Å². The molecule has 0 spiro atoms. The van der Waals surface area contributed by atoms with E-state index in [1.165, 1.54) is 38.9 Å². The van der Waals surface area contributed by atoms with E-state index in [9.17, 15) is 0 Å². The topological polar surface area (TPSA) is 18.5 Å². The van der Waals surface area contributed by atoms with E-state index < -0.39 is 0 Å². The van der Waals surface area contributed by atoms with Crippen LogP contribution in [0.15, 0.2) is 88.5 Å². The average molecular weight is 519 g/mol. The monoisotopic (exact) mass is 518 g/mol.